The topological polar surface area (TPSA) is 32.8 Å². The first-order valence-electron chi connectivity index (χ1n) is 8.00. The van der Waals surface area contributed by atoms with Gasteiger partial charge in [0.25, 0.3) is 5.91 Å². The lowest BCUT2D eigenvalue weighted by molar-refractivity contribution is -0.120. The van der Waals surface area contributed by atoms with Crippen molar-refractivity contribution in [3.8, 4) is 5.75 Å². The average Bonchev–Trinajstić information content (AvgIpc) is 2.60. The van der Waals surface area contributed by atoms with Gasteiger partial charge in [0.2, 0.25) is 0 Å². The minimum Gasteiger partial charge on any atom is -0.484 e. The molecule has 0 fully saturated rings. The van der Waals surface area contributed by atoms with Gasteiger partial charge >= 0.3 is 0 Å². The molecule has 0 radical (unpaired) electrons. The van der Waals surface area contributed by atoms with E-state index in [0.29, 0.717) is 18.3 Å². The highest BCUT2D eigenvalue weighted by molar-refractivity contribution is 5.95. The molecule has 0 saturated carbocycles. The van der Waals surface area contributed by atoms with Gasteiger partial charge in [0.15, 0.2) is 6.61 Å². The molecule has 0 bridgehead atoms. The number of carbonyl (C=O) groups is 1. The summed E-state index contributed by atoms with van der Waals surface area (Å²) in [6.07, 6.45) is 0.881. The Bertz CT molecular complexity index is 716. The summed E-state index contributed by atoms with van der Waals surface area (Å²) >= 11 is 0. The Balaban J connectivity index is 1.73. The fourth-order valence-corrected chi connectivity index (χ4v) is 3.09. The number of rotatable bonds is 4. The molecule has 0 spiro atoms. The van der Waals surface area contributed by atoms with E-state index >= 15 is 0 Å². The van der Waals surface area contributed by atoms with Gasteiger partial charge in [-0.25, -0.2) is 4.39 Å². The van der Waals surface area contributed by atoms with Crippen LogP contribution in [0.4, 0.5) is 10.1 Å². The number of anilines is 1. The number of carbonyl (C=O) groups excluding carboxylic acids is 1. The third-order valence-electron chi connectivity index (χ3n) is 4.31. The van der Waals surface area contributed by atoms with Gasteiger partial charge in [-0.3, -0.25) is 4.79 Å². The van der Waals surface area contributed by atoms with E-state index in [2.05, 4.69) is 25.1 Å². The van der Waals surface area contributed by atoms with Crippen LogP contribution in [-0.2, 0) is 4.79 Å². The Labute approximate surface area is 141 Å². The number of hydrogen-bond acceptors (Lipinski definition) is 3. The molecule has 2 aromatic rings. The normalized spacial score (nSPS) is 16.8. The maximum absolute atomic E-state index is 12.9. The molecule has 0 N–H and O–H groups in total. The second kappa shape index (κ2) is 7.01. The summed E-state index contributed by atoms with van der Waals surface area (Å²) in [5.74, 6) is 0.0681. The molecular weight excluding hydrogens is 307 g/mol. The van der Waals surface area contributed by atoms with E-state index in [-0.39, 0.29) is 18.3 Å². The van der Waals surface area contributed by atoms with Gasteiger partial charge in [0, 0.05) is 18.3 Å². The molecule has 2 aromatic carbocycles. The highest BCUT2D eigenvalue weighted by Crippen LogP contribution is 2.36. The average molecular weight is 328 g/mol. The van der Waals surface area contributed by atoms with Crippen LogP contribution in [0.15, 0.2) is 48.5 Å². The van der Waals surface area contributed by atoms with Gasteiger partial charge in [-0.15, -0.1) is 0 Å². The first kappa shape index (κ1) is 16.5. The van der Waals surface area contributed by atoms with Crippen molar-refractivity contribution in [1.82, 2.24) is 4.90 Å². The lowest BCUT2D eigenvalue weighted by Gasteiger charge is -2.37. The highest BCUT2D eigenvalue weighted by atomic mass is 19.1. The molecule has 1 amide bonds. The van der Waals surface area contributed by atoms with Gasteiger partial charge in [-0.1, -0.05) is 18.2 Å². The number of benzene rings is 2. The first-order valence-corrected chi connectivity index (χ1v) is 8.00. The smallest absolute Gasteiger partial charge is 0.264 e. The molecule has 1 aliphatic heterocycles. The predicted octanol–water partition coefficient (Wildman–Crippen LogP) is 3.24. The van der Waals surface area contributed by atoms with Crippen LogP contribution in [0.25, 0.3) is 0 Å². The van der Waals surface area contributed by atoms with Gasteiger partial charge in [0.05, 0.1) is 0 Å². The van der Waals surface area contributed by atoms with Crippen LogP contribution in [0.1, 0.15) is 18.0 Å². The Morgan fingerprint density at radius 1 is 1.21 bits per heavy atom. The molecule has 126 valence electrons. The highest BCUT2D eigenvalue weighted by Gasteiger charge is 2.29. The quantitative estimate of drug-likeness (QED) is 0.864. The van der Waals surface area contributed by atoms with Gasteiger partial charge < -0.3 is 14.5 Å². The molecule has 3 rings (SSSR count). The number of ether oxygens (including phenoxy) is 1. The van der Waals surface area contributed by atoms with E-state index in [1.165, 1.54) is 24.3 Å². The number of halogens is 1. The lowest BCUT2D eigenvalue weighted by Crippen LogP contribution is -2.41. The summed E-state index contributed by atoms with van der Waals surface area (Å²) in [6, 6.07) is 14.0. The molecule has 1 unspecified atom stereocenters. The van der Waals surface area contributed by atoms with Gasteiger partial charge in [0.1, 0.15) is 11.6 Å². The minimum absolute atomic E-state index is 0.0629. The Kier molecular flexibility index (Phi) is 4.81. The van der Waals surface area contributed by atoms with Crippen LogP contribution in [0.5, 0.6) is 5.75 Å². The first-order chi connectivity index (χ1) is 11.6. The van der Waals surface area contributed by atoms with Crippen molar-refractivity contribution < 1.29 is 13.9 Å². The van der Waals surface area contributed by atoms with Crippen LogP contribution >= 0.6 is 0 Å². The van der Waals surface area contributed by atoms with Crippen molar-refractivity contribution >= 4 is 11.6 Å². The predicted molar refractivity (Wildman–Crippen MR) is 91.7 cm³/mol. The Morgan fingerprint density at radius 3 is 2.62 bits per heavy atom. The molecule has 4 nitrogen and oxygen atoms in total. The van der Waals surface area contributed by atoms with E-state index in [1.807, 2.05) is 18.2 Å². The third kappa shape index (κ3) is 3.41. The van der Waals surface area contributed by atoms with Crippen molar-refractivity contribution in [2.75, 3.05) is 32.1 Å². The Hall–Kier alpha value is -2.40. The Morgan fingerprint density at radius 2 is 1.92 bits per heavy atom. The molecular formula is C19H21FN2O2. The zero-order valence-electron chi connectivity index (χ0n) is 13.9. The van der Waals surface area contributed by atoms with Crippen LogP contribution in [0, 0.1) is 5.82 Å². The second-order valence-electron chi connectivity index (χ2n) is 6.11. The molecule has 0 saturated heterocycles. The summed E-state index contributed by atoms with van der Waals surface area (Å²) in [6.45, 7) is 0.595. The van der Waals surface area contributed by atoms with E-state index < -0.39 is 0 Å². The fraction of sp³-hybridized carbons (Fsp3) is 0.316. The second-order valence-corrected chi connectivity index (χ2v) is 6.11. The van der Waals surface area contributed by atoms with Crippen molar-refractivity contribution in [1.29, 1.82) is 0 Å². The van der Waals surface area contributed by atoms with E-state index in [1.54, 1.807) is 4.90 Å². The van der Waals surface area contributed by atoms with E-state index in [4.69, 9.17) is 4.74 Å². The zero-order chi connectivity index (χ0) is 17.1. The van der Waals surface area contributed by atoms with E-state index in [9.17, 15) is 9.18 Å². The molecule has 1 atom stereocenters. The molecule has 0 aromatic heterocycles. The van der Waals surface area contributed by atoms with E-state index in [0.717, 1.165) is 17.7 Å². The number of fused-ring (bicyclic) bond motifs is 1. The van der Waals surface area contributed by atoms with Crippen molar-refractivity contribution in [3.63, 3.8) is 0 Å². The van der Waals surface area contributed by atoms with Crippen LogP contribution in [-0.4, -0.2) is 38.1 Å². The molecule has 1 aliphatic rings. The van der Waals surface area contributed by atoms with Crippen LogP contribution in [0.2, 0.25) is 0 Å². The van der Waals surface area contributed by atoms with Crippen molar-refractivity contribution in [2.24, 2.45) is 0 Å². The maximum Gasteiger partial charge on any atom is 0.264 e. The fourth-order valence-electron chi connectivity index (χ4n) is 3.09. The number of hydrogen-bond donors (Lipinski definition) is 0. The number of amides is 1. The van der Waals surface area contributed by atoms with Gasteiger partial charge in [-0.2, -0.15) is 0 Å². The summed E-state index contributed by atoms with van der Waals surface area (Å²) in [7, 11) is 4.10. The molecule has 5 heteroatoms. The molecule has 24 heavy (non-hydrogen) atoms. The summed E-state index contributed by atoms with van der Waals surface area (Å²) in [5.41, 5.74) is 2.10. The number of nitrogens with zero attached hydrogens (tertiary/aromatic N) is 2. The van der Waals surface area contributed by atoms with Gasteiger partial charge in [-0.05, 0) is 56.4 Å². The van der Waals surface area contributed by atoms with Crippen LogP contribution in [0.3, 0.4) is 0 Å². The van der Waals surface area contributed by atoms with Crippen molar-refractivity contribution in [2.45, 2.75) is 12.5 Å². The summed E-state index contributed by atoms with van der Waals surface area (Å²) in [5, 5.41) is 0. The summed E-state index contributed by atoms with van der Waals surface area (Å²) < 4.78 is 18.4. The van der Waals surface area contributed by atoms with Crippen molar-refractivity contribution in [3.05, 3.63) is 59.9 Å². The van der Waals surface area contributed by atoms with Crippen LogP contribution < -0.4 is 9.64 Å². The SMILES string of the molecule is CN(C)C1CCN(C(=O)COc2ccc(F)cc2)c2ccccc21. The minimum atomic E-state index is -0.326. The standard InChI is InChI=1S/C19H21FN2O2/c1-21(2)17-11-12-22(18-6-4-3-5-16(17)18)19(23)13-24-15-9-7-14(20)8-10-15/h3-10,17H,11-13H2,1-2H3. The third-order valence-corrected chi connectivity index (χ3v) is 4.31. The number of para-hydroxylation sites is 1. The summed E-state index contributed by atoms with van der Waals surface area (Å²) in [4.78, 5) is 16.5. The molecule has 1 heterocycles. The lowest BCUT2D eigenvalue weighted by atomic mass is 9.95. The zero-order valence-corrected chi connectivity index (χ0v) is 13.9. The maximum atomic E-state index is 12.9. The molecule has 0 aliphatic carbocycles. The largest absolute Gasteiger partial charge is 0.484 e. The monoisotopic (exact) mass is 328 g/mol.